The van der Waals surface area contributed by atoms with E-state index in [-0.39, 0.29) is 11.8 Å². The van der Waals surface area contributed by atoms with Crippen LogP contribution in [-0.4, -0.2) is 16.8 Å². The molecule has 0 aliphatic carbocycles. The molecule has 2 aromatic carbocycles. The number of carbonyl (C=O) groups is 2. The van der Waals surface area contributed by atoms with Crippen LogP contribution in [0.4, 0.5) is 11.4 Å². The van der Waals surface area contributed by atoms with Crippen LogP contribution in [0, 0.1) is 5.92 Å². The topological polar surface area (TPSA) is 83.1 Å². The molecule has 3 N–H and O–H groups in total. The maximum Gasteiger partial charge on any atom is 0.270 e. The molecule has 160 valence electrons. The third kappa shape index (κ3) is 7.26. The number of rotatable bonds is 9. The number of nitrogens with zero attached hydrogens (tertiary/aromatic N) is 1. The minimum absolute atomic E-state index is 0.0143. The van der Waals surface area contributed by atoms with Gasteiger partial charge in [-0.15, -0.1) is 0 Å². The highest BCUT2D eigenvalue weighted by Gasteiger charge is 2.09. The van der Waals surface area contributed by atoms with Crippen LogP contribution in [0.15, 0.2) is 72.9 Å². The van der Waals surface area contributed by atoms with Crippen molar-refractivity contribution < 1.29 is 9.59 Å². The van der Waals surface area contributed by atoms with Crippen LogP contribution in [0.2, 0.25) is 0 Å². The van der Waals surface area contributed by atoms with E-state index in [9.17, 15) is 9.59 Å². The summed E-state index contributed by atoms with van der Waals surface area (Å²) in [5, 5.41) is 9.13. The number of nitrogens with one attached hydrogen (secondary N) is 3. The molecule has 0 radical (unpaired) electrons. The highest BCUT2D eigenvalue weighted by molar-refractivity contribution is 5.93. The fraction of sp³-hybridized carbons (Fsp3) is 0.240. The van der Waals surface area contributed by atoms with Crippen molar-refractivity contribution in [2.24, 2.45) is 5.92 Å². The van der Waals surface area contributed by atoms with Crippen molar-refractivity contribution in [1.29, 1.82) is 0 Å². The van der Waals surface area contributed by atoms with E-state index in [0.29, 0.717) is 31.1 Å². The second-order valence-electron chi connectivity index (χ2n) is 7.80. The van der Waals surface area contributed by atoms with Crippen LogP contribution < -0.4 is 16.0 Å². The highest BCUT2D eigenvalue weighted by atomic mass is 16.2. The average molecular weight is 417 g/mol. The molecule has 0 fully saturated rings. The third-order valence-corrected chi connectivity index (χ3v) is 4.59. The lowest BCUT2D eigenvalue weighted by atomic mass is 10.1. The normalized spacial score (nSPS) is 10.5. The van der Waals surface area contributed by atoms with Gasteiger partial charge in [0.1, 0.15) is 5.69 Å². The smallest absolute Gasteiger partial charge is 0.270 e. The zero-order chi connectivity index (χ0) is 22.1. The van der Waals surface area contributed by atoms with E-state index in [1.807, 2.05) is 74.5 Å². The molecule has 3 rings (SSSR count). The molecule has 3 aromatic rings. The van der Waals surface area contributed by atoms with Crippen LogP contribution >= 0.6 is 0 Å². The molecule has 0 spiro atoms. The Bertz CT molecular complexity index is 1020. The fourth-order valence-corrected chi connectivity index (χ4v) is 3.08. The van der Waals surface area contributed by atoms with Crippen LogP contribution in [-0.2, 0) is 17.9 Å². The first-order valence-electron chi connectivity index (χ1n) is 10.4. The van der Waals surface area contributed by atoms with Gasteiger partial charge in [0.05, 0.1) is 0 Å². The second-order valence-corrected chi connectivity index (χ2v) is 7.80. The summed E-state index contributed by atoms with van der Waals surface area (Å²) in [7, 11) is 0. The standard InChI is InChI=1S/C25H28N4O2/c1-18(2)13-24(30)29-22-10-6-9-20(14-22)17-27-21-11-12-26-23(15-21)25(31)28-16-19-7-4-3-5-8-19/h3-12,14-15,18H,13,16-17H2,1-2H3,(H,26,27)(H,28,31)(H,29,30). The van der Waals surface area contributed by atoms with Gasteiger partial charge in [0, 0.05) is 37.1 Å². The number of anilines is 2. The summed E-state index contributed by atoms with van der Waals surface area (Å²) in [6.07, 6.45) is 2.11. The van der Waals surface area contributed by atoms with Crippen molar-refractivity contribution in [3.8, 4) is 0 Å². The first-order valence-corrected chi connectivity index (χ1v) is 10.4. The molecule has 6 heteroatoms. The van der Waals surface area contributed by atoms with Gasteiger partial charge in [0.15, 0.2) is 0 Å². The van der Waals surface area contributed by atoms with E-state index >= 15 is 0 Å². The number of carbonyl (C=O) groups excluding carboxylic acids is 2. The van der Waals surface area contributed by atoms with Crippen molar-refractivity contribution in [3.63, 3.8) is 0 Å². The summed E-state index contributed by atoms with van der Waals surface area (Å²) in [4.78, 5) is 28.6. The Morgan fingerprint density at radius 1 is 0.871 bits per heavy atom. The lowest BCUT2D eigenvalue weighted by molar-refractivity contribution is -0.116. The largest absolute Gasteiger partial charge is 0.381 e. The maximum absolute atomic E-state index is 12.4. The Labute approximate surface area is 183 Å². The monoisotopic (exact) mass is 416 g/mol. The minimum atomic E-state index is -0.220. The molecule has 31 heavy (non-hydrogen) atoms. The lowest BCUT2D eigenvalue weighted by Gasteiger charge is -2.11. The van der Waals surface area contributed by atoms with Crippen LogP contribution in [0.5, 0.6) is 0 Å². The Morgan fingerprint density at radius 2 is 1.65 bits per heavy atom. The first-order chi connectivity index (χ1) is 15.0. The van der Waals surface area contributed by atoms with Gasteiger partial charge in [-0.05, 0) is 41.3 Å². The molecular weight excluding hydrogens is 388 g/mol. The van der Waals surface area contributed by atoms with Crippen LogP contribution in [0.1, 0.15) is 41.9 Å². The van der Waals surface area contributed by atoms with Crippen LogP contribution in [0.25, 0.3) is 0 Å². The van der Waals surface area contributed by atoms with Crippen molar-refractivity contribution >= 4 is 23.2 Å². The molecule has 0 bridgehead atoms. The van der Waals surface area contributed by atoms with Gasteiger partial charge in [0.25, 0.3) is 5.91 Å². The van der Waals surface area contributed by atoms with Crippen molar-refractivity contribution in [1.82, 2.24) is 10.3 Å². The average Bonchev–Trinajstić information content (AvgIpc) is 2.76. The number of hydrogen-bond donors (Lipinski definition) is 3. The summed E-state index contributed by atoms with van der Waals surface area (Å²) in [6.45, 7) is 5.05. The number of pyridine rings is 1. The number of benzene rings is 2. The second kappa shape index (κ2) is 10.9. The van der Waals surface area contributed by atoms with Crippen molar-refractivity contribution in [3.05, 3.63) is 89.7 Å². The van der Waals surface area contributed by atoms with E-state index < -0.39 is 0 Å². The van der Waals surface area contributed by atoms with E-state index in [4.69, 9.17) is 0 Å². The molecule has 0 aliphatic heterocycles. The maximum atomic E-state index is 12.4. The highest BCUT2D eigenvalue weighted by Crippen LogP contribution is 2.15. The van der Waals surface area contributed by atoms with E-state index in [1.54, 1.807) is 12.3 Å². The predicted molar refractivity (Wildman–Crippen MR) is 124 cm³/mol. The van der Waals surface area contributed by atoms with E-state index in [0.717, 1.165) is 22.5 Å². The summed E-state index contributed by atoms with van der Waals surface area (Å²) < 4.78 is 0. The number of hydrogen-bond acceptors (Lipinski definition) is 4. The molecular formula is C25H28N4O2. The zero-order valence-electron chi connectivity index (χ0n) is 17.9. The van der Waals surface area contributed by atoms with Gasteiger partial charge in [0.2, 0.25) is 5.91 Å². The molecule has 2 amide bonds. The molecule has 0 atom stereocenters. The molecule has 1 aromatic heterocycles. The minimum Gasteiger partial charge on any atom is -0.381 e. The number of aromatic nitrogens is 1. The fourth-order valence-electron chi connectivity index (χ4n) is 3.08. The summed E-state index contributed by atoms with van der Waals surface area (Å²) in [5.74, 6) is 0.110. The molecule has 0 saturated heterocycles. The Kier molecular flexibility index (Phi) is 7.76. The Balaban J connectivity index is 1.55. The molecule has 1 heterocycles. The Hall–Kier alpha value is -3.67. The van der Waals surface area contributed by atoms with Gasteiger partial charge in [-0.3, -0.25) is 14.6 Å². The SMILES string of the molecule is CC(C)CC(=O)Nc1cccc(CNc2ccnc(C(=O)NCc3ccccc3)c2)c1. The quantitative estimate of drug-likeness (QED) is 0.476. The molecule has 0 unspecified atom stereocenters. The van der Waals surface area contributed by atoms with Crippen LogP contribution in [0.3, 0.4) is 0 Å². The molecule has 6 nitrogen and oxygen atoms in total. The molecule has 0 saturated carbocycles. The van der Waals surface area contributed by atoms with Gasteiger partial charge >= 0.3 is 0 Å². The van der Waals surface area contributed by atoms with Crippen molar-refractivity contribution in [2.75, 3.05) is 10.6 Å². The van der Waals surface area contributed by atoms with Gasteiger partial charge in [-0.25, -0.2) is 0 Å². The van der Waals surface area contributed by atoms with Gasteiger partial charge < -0.3 is 16.0 Å². The summed E-state index contributed by atoms with van der Waals surface area (Å²) in [5.41, 5.74) is 3.99. The van der Waals surface area contributed by atoms with E-state index in [2.05, 4.69) is 20.9 Å². The van der Waals surface area contributed by atoms with E-state index in [1.165, 1.54) is 0 Å². The third-order valence-electron chi connectivity index (χ3n) is 4.59. The zero-order valence-corrected chi connectivity index (χ0v) is 17.9. The number of amides is 2. The molecule has 0 aliphatic rings. The first kappa shape index (κ1) is 22.0. The summed E-state index contributed by atoms with van der Waals surface area (Å²) in [6, 6.07) is 21.0. The van der Waals surface area contributed by atoms with Gasteiger partial charge in [-0.2, -0.15) is 0 Å². The van der Waals surface area contributed by atoms with Crippen molar-refractivity contribution in [2.45, 2.75) is 33.4 Å². The summed E-state index contributed by atoms with van der Waals surface area (Å²) >= 11 is 0. The predicted octanol–water partition coefficient (Wildman–Crippen LogP) is 4.61. The Morgan fingerprint density at radius 3 is 2.42 bits per heavy atom. The van der Waals surface area contributed by atoms with Gasteiger partial charge in [-0.1, -0.05) is 56.3 Å². The lowest BCUT2D eigenvalue weighted by Crippen LogP contribution is -2.23.